The summed E-state index contributed by atoms with van der Waals surface area (Å²) in [7, 11) is -3.20. The molecule has 1 aliphatic carbocycles. The van der Waals surface area contributed by atoms with Crippen LogP contribution in [-0.2, 0) is 26.5 Å². The third-order valence-electron chi connectivity index (χ3n) is 13.4. The molecule has 20 heteroatoms. The van der Waals surface area contributed by atoms with E-state index >= 15 is 0 Å². The molecule has 3 aromatic carbocycles. The maximum atomic E-state index is 14.4. The number of halogens is 1. The predicted molar refractivity (Wildman–Crippen MR) is 254 cm³/mol. The van der Waals surface area contributed by atoms with Crippen molar-refractivity contribution >= 4 is 72.2 Å². The second kappa shape index (κ2) is 17.4. The lowest BCUT2D eigenvalue weighted by Crippen LogP contribution is -2.47. The van der Waals surface area contributed by atoms with Crippen molar-refractivity contribution in [1.82, 2.24) is 29.0 Å². The minimum Gasteiger partial charge on any atom is -0.489 e. The summed E-state index contributed by atoms with van der Waals surface area (Å²) >= 11 is 6.26. The number of ether oxygens (including phenoxy) is 3. The Balaban J connectivity index is 0.956. The van der Waals surface area contributed by atoms with E-state index in [1.165, 1.54) is 27.5 Å². The number of pyridine rings is 1. The molecule has 2 atom stereocenters. The molecule has 350 valence electrons. The van der Waals surface area contributed by atoms with Crippen molar-refractivity contribution in [2.24, 2.45) is 12.5 Å². The average molecular weight is 952 g/mol. The van der Waals surface area contributed by atoms with Gasteiger partial charge in [0.15, 0.2) is 17.0 Å². The number of rotatable bonds is 10. The summed E-state index contributed by atoms with van der Waals surface area (Å²) in [5.41, 5.74) is 5.21. The lowest BCUT2D eigenvalue weighted by atomic mass is 9.72. The molecule has 0 saturated carbocycles. The number of carbonyl (C=O) groups is 1. The van der Waals surface area contributed by atoms with Crippen LogP contribution in [0.5, 0.6) is 5.75 Å². The fourth-order valence-electron chi connectivity index (χ4n) is 9.68. The van der Waals surface area contributed by atoms with Crippen LogP contribution >= 0.6 is 11.6 Å². The molecule has 0 spiro atoms. The van der Waals surface area contributed by atoms with E-state index in [-0.39, 0.29) is 46.8 Å². The monoisotopic (exact) mass is 951 g/mol. The average Bonchev–Trinajstić information content (AvgIpc) is 3.88. The number of hydrogen-bond acceptors (Lipinski definition) is 13. The fourth-order valence-corrected chi connectivity index (χ4v) is 10.8. The Labute approximate surface area is 390 Å². The molecule has 3 N–H and O–H groups in total. The summed E-state index contributed by atoms with van der Waals surface area (Å²) in [6, 6.07) is 18.3. The number of nitrogens with one attached hydrogen (secondary N) is 3. The largest absolute Gasteiger partial charge is 0.489 e. The first-order chi connectivity index (χ1) is 32.1. The molecule has 10 rings (SSSR count). The molecule has 2 saturated heterocycles. The number of nitro groups is 1. The van der Waals surface area contributed by atoms with Crippen molar-refractivity contribution in [2.75, 3.05) is 69.4 Å². The third-order valence-corrected chi connectivity index (χ3v) is 14.9. The van der Waals surface area contributed by atoms with Crippen LogP contribution in [0.3, 0.4) is 0 Å². The highest BCUT2D eigenvalue weighted by atomic mass is 35.5. The van der Waals surface area contributed by atoms with Gasteiger partial charge in [-0.15, -0.1) is 0 Å². The molecular weight excluding hydrogens is 902 g/mol. The summed E-state index contributed by atoms with van der Waals surface area (Å²) in [6.45, 7) is 9.43. The Morgan fingerprint density at radius 3 is 2.57 bits per heavy atom. The van der Waals surface area contributed by atoms with Gasteiger partial charge in [-0.1, -0.05) is 43.2 Å². The van der Waals surface area contributed by atoms with Crippen LogP contribution in [0.2, 0.25) is 5.02 Å². The number of anilines is 2. The minimum atomic E-state index is -4.75. The van der Waals surface area contributed by atoms with Gasteiger partial charge in [-0.05, 0) is 78.3 Å². The molecule has 0 unspecified atom stereocenters. The zero-order valence-corrected chi connectivity index (χ0v) is 38.8. The maximum absolute atomic E-state index is 14.4. The number of hydrogen-bond donors (Lipinski definition) is 3. The van der Waals surface area contributed by atoms with E-state index in [2.05, 4.69) is 55.8 Å². The van der Waals surface area contributed by atoms with Gasteiger partial charge < -0.3 is 29.4 Å². The SMILES string of the molecule is Cn1c(=O)c2nc3[nH]ccc3cc2n1-c1cc(N2CCN(CC3=C(c4ccc(Cl)cc4)CC(C)(C)CC3)CC2)ccc1C(=O)NS(=O)(=O)c1cc2c(c([N+](=O)[O-])c1)N[C@H]([C@H]1COCCO1)CO2. The first-order valence-corrected chi connectivity index (χ1v) is 24.1. The number of allylic oxidation sites excluding steroid dienone is 1. The molecule has 3 aromatic heterocycles. The number of aromatic amines is 1. The summed E-state index contributed by atoms with van der Waals surface area (Å²) in [4.78, 5) is 51.7. The smallest absolute Gasteiger partial charge is 0.297 e. The van der Waals surface area contributed by atoms with Crippen LogP contribution < -0.4 is 25.2 Å². The highest BCUT2D eigenvalue weighted by Gasteiger charge is 2.36. The van der Waals surface area contributed by atoms with E-state index in [1.807, 2.05) is 18.2 Å². The highest BCUT2D eigenvalue weighted by Crippen LogP contribution is 2.44. The maximum Gasteiger partial charge on any atom is 0.297 e. The molecule has 0 radical (unpaired) electrons. The number of fused-ring (bicyclic) bond motifs is 3. The first-order valence-electron chi connectivity index (χ1n) is 22.3. The van der Waals surface area contributed by atoms with Gasteiger partial charge in [-0.25, -0.2) is 27.5 Å². The topological polar surface area (TPSA) is 208 Å². The Kier molecular flexibility index (Phi) is 11.6. The van der Waals surface area contributed by atoms with Gasteiger partial charge in [0, 0.05) is 74.2 Å². The number of aromatic nitrogens is 4. The van der Waals surface area contributed by atoms with Crippen LogP contribution in [0, 0.1) is 15.5 Å². The van der Waals surface area contributed by atoms with Gasteiger partial charge in [0.25, 0.3) is 27.2 Å². The van der Waals surface area contributed by atoms with Crippen molar-refractivity contribution < 1.29 is 32.3 Å². The summed E-state index contributed by atoms with van der Waals surface area (Å²) in [5, 5.41) is 16.9. The Hall–Kier alpha value is -6.25. The van der Waals surface area contributed by atoms with Crippen molar-refractivity contribution in [3.05, 3.63) is 115 Å². The summed E-state index contributed by atoms with van der Waals surface area (Å²) in [5.74, 6) is -1.09. The van der Waals surface area contributed by atoms with Crippen LogP contribution in [0.25, 0.3) is 33.3 Å². The molecule has 6 aromatic rings. The molecule has 4 aliphatic rings. The quantitative estimate of drug-likeness (QED) is 0.103. The van der Waals surface area contributed by atoms with Crippen molar-refractivity contribution in [2.45, 2.75) is 50.2 Å². The molecule has 2 fully saturated rings. The van der Waals surface area contributed by atoms with E-state index in [9.17, 15) is 28.1 Å². The minimum absolute atomic E-state index is 0.0113. The van der Waals surface area contributed by atoms with Crippen molar-refractivity contribution in [1.29, 1.82) is 0 Å². The van der Waals surface area contributed by atoms with Gasteiger partial charge in [-0.2, -0.15) is 0 Å². The summed E-state index contributed by atoms with van der Waals surface area (Å²) in [6.07, 6.45) is 4.38. The van der Waals surface area contributed by atoms with Crippen molar-refractivity contribution in [3.8, 4) is 11.4 Å². The second-order valence-corrected chi connectivity index (χ2v) is 20.5. The van der Waals surface area contributed by atoms with Crippen LogP contribution in [0.1, 0.15) is 49.0 Å². The highest BCUT2D eigenvalue weighted by molar-refractivity contribution is 7.90. The number of nitrogens with zero attached hydrogens (tertiary/aromatic N) is 6. The number of amides is 1. The second-order valence-electron chi connectivity index (χ2n) is 18.4. The predicted octanol–water partition coefficient (Wildman–Crippen LogP) is 6.26. The zero-order chi connectivity index (χ0) is 46.8. The molecule has 1 amide bonds. The molecule has 18 nitrogen and oxygen atoms in total. The van der Waals surface area contributed by atoms with Gasteiger partial charge in [0.2, 0.25) is 0 Å². The Bertz CT molecular complexity index is 3150. The molecule has 3 aliphatic heterocycles. The van der Waals surface area contributed by atoms with E-state index in [0.717, 1.165) is 62.1 Å². The van der Waals surface area contributed by atoms with Gasteiger partial charge >= 0.3 is 0 Å². The zero-order valence-electron chi connectivity index (χ0n) is 37.2. The Morgan fingerprint density at radius 2 is 1.82 bits per heavy atom. The standard InChI is InChI=1S/C47H50ClN9O9S/c1-47(2)12-10-30(35(24-47)28-4-6-31(48)7-5-28)25-54-14-16-55(17-15-54)32-8-9-34(37(21-32)56-38-20-29-11-13-49-44(29)51-43(38)46(59)53(56)3)45(58)52-67(62,63)33-22-39(57(60)61)42-40(23-33)66-26-36(50-42)41-27-64-18-19-65-41/h4-9,11,13,20-23,36,41,50H,10,12,14-19,24-27H2,1-3H3,(H,49,51)(H,52,58)/t36-,41+/m0/s1. The lowest BCUT2D eigenvalue weighted by molar-refractivity contribution is -0.384. The molecule has 0 bridgehead atoms. The van der Waals surface area contributed by atoms with Crippen LogP contribution in [0.15, 0.2) is 88.2 Å². The van der Waals surface area contributed by atoms with Gasteiger partial charge in [0.05, 0.1) is 52.4 Å². The molecule has 6 heterocycles. The number of H-pyrrole nitrogens is 1. The molecular formula is C47H50ClN9O9S. The number of nitro benzene ring substituents is 1. The van der Waals surface area contributed by atoms with Crippen LogP contribution in [-0.4, -0.2) is 115 Å². The van der Waals surface area contributed by atoms with Crippen LogP contribution in [0.4, 0.5) is 17.1 Å². The Morgan fingerprint density at radius 1 is 1.03 bits per heavy atom. The third kappa shape index (κ3) is 8.65. The number of sulfonamides is 1. The van der Waals surface area contributed by atoms with Gasteiger partial charge in [0.1, 0.15) is 18.4 Å². The van der Waals surface area contributed by atoms with E-state index in [4.69, 9.17) is 25.8 Å². The van der Waals surface area contributed by atoms with Crippen molar-refractivity contribution in [3.63, 3.8) is 0 Å². The number of piperazine rings is 1. The number of carbonyl (C=O) groups excluding carboxylic acids is 1. The first kappa shape index (κ1) is 44.6. The van der Waals surface area contributed by atoms with E-state index in [1.54, 1.807) is 36.1 Å². The molecule has 67 heavy (non-hydrogen) atoms. The lowest BCUT2D eigenvalue weighted by Gasteiger charge is -2.39. The summed E-state index contributed by atoms with van der Waals surface area (Å²) < 4.78 is 50.4. The van der Waals surface area contributed by atoms with E-state index < -0.39 is 49.1 Å². The van der Waals surface area contributed by atoms with Gasteiger partial charge in [-0.3, -0.25) is 24.6 Å². The fraction of sp³-hybridized carbons (Fsp3) is 0.383. The number of benzene rings is 3. The van der Waals surface area contributed by atoms with E-state index in [0.29, 0.717) is 42.5 Å². The normalized spacial score (nSPS) is 20.1.